The molecule has 0 aliphatic carbocycles. The molecule has 0 radical (unpaired) electrons. The molecule has 0 N–H and O–H groups in total. The Morgan fingerprint density at radius 3 is 2.45 bits per heavy atom. The van der Waals surface area contributed by atoms with Crippen LogP contribution >= 0.6 is 45.9 Å². The molecule has 3 nitrogen and oxygen atoms in total. The number of hydrogen-bond acceptors (Lipinski definition) is 4. The molecule has 2 aromatic heterocycles. The Morgan fingerprint density at radius 1 is 0.968 bits per heavy atom. The van der Waals surface area contributed by atoms with Gasteiger partial charge in [0.25, 0.3) is 5.91 Å². The number of aromatic nitrogens is 1. The van der Waals surface area contributed by atoms with E-state index in [1.165, 1.54) is 22.7 Å². The molecular weight excluding hydrogens is 467 g/mol. The van der Waals surface area contributed by atoms with Crippen molar-refractivity contribution in [1.29, 1.82) is 0 Å². The van der Waals surface area contributed by atoms with Crippen molar-refractivity contribution in [3.05, 3.63) is 92.8 Å². The first-order valence-electron chi connectivity index (χ1n) is 9.61. The molecule has 0 spiro atoms. The van der Waals surface area contributed by atoms with Crippen molar-refractivity contribution in [1.82, 2.24) is 4.98 Å². The molecule has 31 heavy (non-hydrogen) atoms. The lowest BCUT2D eigenvalue weighted by atomic mass is 10.2. The van der Waals surface area contributed by atoms with Gasteiger partial charge in [-0.1, -0.05) is 89.1 Å². The predicted octanol–water partition coefficient (Wildman–Crippen LogP) is 7.97. The molecule has 3 aromatic carbocycles. The number of carbonyl (C=O) groups excluding carboxylic acids is 1. The Hall–Kier alpha value is -2.44. The lowest BCUT2D eigenvalue weighted by Crippen LogP contribution is -2.29. The summed E-state index contributed by atoms with van der Waals surface area (Å²) in [6.07, 6.45) is 0. The minimum absolute atomic E-state index is 0.164. The first kappa shape index (κ1) is 20.5. The zero-order chi connectivity index (χ0) is 21.5. The maximum Gasteiger partial charge on any atom is 0.272 e. The van der Waals surface area contributed by atoms with Crippen molar-refractivity contribution in [2.75, 3.05) is 4.90 Å². The number of fused-ring (bicyclic) bond motifs is 2. The summed E-state index contributed by atoms with van der Waals surface area (Å²) < 4.78 is 1.86. The van der Waals surface area contributed by atoms with Crippen LogP contribution in [0.25, 0.3) is 20.3 Å². The number of benzene rings is 3. The van der Waals surface area contributed by atoms with E-state index in [-0.39, 0.29) is 5.91 Å². The van der Waals surface area contributed by atoms with Gasteiger partial charge >= 0.3 is 0 Å². The molecular formula is C24H16Cl2N2OS2. The largest absolute Gasteiger partial charge is 0.279 e. The SMILES string of the molecule is Cc1ccc(Cl)c2sc(N(Cc3ccccc3)C(=O)c3sc4ccccc4c3Cl)nc12. The number of anilines is 1. The molecule has 0 aliphatic rings. The van der Waals surface area contributed by atoms with Crippen LogP contribution in [0.1, 0.15) is 20.8 Å². The third-order valence-electron chi connectivity index (χ3n) is 5.07. The van der Waals surface area contributed by atoms with Gasteiger partial charge in [-0.05, 0) is 30.2 Å². The summed E-state index contributed by atoms with van der Waals surface area (Å²) in [4.78, 5) is 20.8. The van der Waals surface area contributed by atoms with Crippen LogP contribution in [0, 0.1) is 6.92 Å². The van der Waals surface area contributed by atoms with Crippen LogP contribution in [0.3, 0.4) is 0 Å². The topological polar surface area (TPSA) is 33.2 Å². The molecule has 0 bridgehead atoms. The normalized spacial score (nSPS) is 11.3. The highest BCUT2D eigenvalue weighted by molar-refractivity contribution is 7.23. The van der Waals surface area contributed by atoms with Crippen molar-refractivity contribution in [2.45, 2.75) is 13.5 Å². The number of aryl methyl sites for hydroxylation is 1. The zero-order valence-electron chi connectivity index (χ0n) is 16.4. The molecule has 0 unspecified atom stereocenters. The zero-order valence-corrected chi connectivity index (χ0v) is 19.6. The lowest BCUT2D eigenvalue weighted by molar-refractivity contribution is 0.0989. The van der Waals surface area contributed by atoms with Crippen molar-refractivity contribution in [3.63, 3.8) is 0 Å². The quantitative estimate of drug-likeness (QED) is 0.260. The molecule has 2 heterocycles. The van der Waals surface area contributed by atoms with Crippen LogP contribution in [0.4, 0.5) is 5.13 Å². The average Bonchev–Trinajstić information content (AvgIpc) is 3.38. The second-order valence-electron chi connectivity index (χ2n) is 7.16. The van der Waals surface area contributed by atoms with Crippen molar-refractivity contribution < 1.29 is 4.79 Å². The maximum absolute atomic E-state index is 13.8. The minimum Gasteiger partial charge on any atom is -0.279 e. The molecule has 5 rings (SSSR count). The number of nitrogens with zero attached hydrogens (tertiary/aromatic N) is 2. The van der Waals surface area contributed by atoms with Crippen LogP contribution in [0.15, 0.2) is 66.7 Å². The second kappa shape index (κ2) is 8.24. The highest BCUT2D eigenvalue weighted by Crippen LogP contribution is 2.40. The van der Waals surface area contributed by atoms with E-state index in [2.05, 4.69) is 0 Å². The van der Waals surface area contributed by atoms with Crippen molar-refractivity contribution in [2.24, 2.45) is 0 Å². The van der Waals surface area contributed by atoms with Crippen molar-refractivity contribution in [3.8, 4) is 0 Å². The molecule has 0 aliphatic heterocycles. The van der Waals surface area contributed by atoms with Crippen LogP contribution in [-0.4, -0.2) is 10.9 Å². The van der Waals surface area contributed by atoms with Crippen LogP contribution < -0.4 is 4.90 Å². The first-order valence-corrected chi connectivity index (χ1v) is 12.0. The maximum atomic E-state index is 13.8. The molecule has 154 valence electrons. The number of amides is 1. The fraction of sp³-hybridized carbons (Fsp3) is 0.0833. The Kier molecular flexibility index (Phi) is 5.44. The van der Waals surface area contributed by atoms with Gasteiger partial charge in [-0.2, -0.15) is 0 Å². The Morgan fingerprint density at radius 2 is 1.71 bits per heavy atom. The van der Waals surface area contributed by atoms with Gasteiger partial charge in [0.1, 0.15) is 4.88 Å². The molecule has 0 saturated carbocycles. The van der Waals surface area contributed by atoms with Gasteiger partial charge in [0.2, 0.25) is 0 Å². The number of halogens is 2. The van der Waals surface area contributed by atoms with Crippen molar-refractivity contribution >= 4 is 77.2 Å². The van der Waals surface area contributed by atoms with E-state index in [4.69, 9.17) is 28.2 Å². The standard InChI is InChI=1S/C24H16Cl2N2OS2/c1-14-11-12-17(25)21-20(14)27-24(31-21)28(13-15-7-3-2-4-8-15)23(29)22-19(26)16-9-5-6-10-18(16)30-22/h2-12H,13H2,1H3. The van der Waals surface area contributed by atoms with E-state index < -0.39 is 0 Å². The minimum atomic E-state index is -0.164. The highest BCUT2D eigenvalue weighted by Gasteiger charge is 2.27. The summed E-state index contributed by atoms with van der Waals surface area (Å²) in [6, 6.07) is 21.5. The summed E-state index contributed by atoms with van der Waals surface area (Å²) in [7, 11) is 0. The molecule has 0 fully saturated rings. The molecule has 7 heteroatoms. The Labute approximate surface area is 197 Å². The van der Waals surface area contributed by atoms with Gasteiger partial charge < -0.3 is 0 Å². The Bertz CT molecular complexity index is 1390. The number of thiazole rings is 1. The average molecular weight is 483 g/mol. The smallest absolute Gasteiger partial charge is 0.272 e. The van der Waals surface area contributed by atoms with Crippen LogP contribution in [0.2, 0.25) is 10.0 Å². The second-order valence-corrected chi connectivity index (χ2v) is 9.97. The van der Waals surface area contributed by atoms with Gasteiger partial charge in [0, 0.05) is 10.1 Å². The summed E-state index contributed by atoms with van der Waals surface area (Å²) >= 11 is 15.9. The Balaban J connectivity index is 1.65. The molecule has 5 aromatic rings. The number of thiophene rings is 1. The van der Waals surface area contributed by atoms with Gasteiger partial charge in [0.05, 0.1) is 26.8 Å². The van der Waals surface area contributed by atoms with E-state index in [1.54, 1.807) is 4.90 Å². The summed E-state index contributed by atoms with van der Waals surface area (Å²) in [5.74, 6) is -0.164. The van der Waals surface area contributed by atoms with Gasteiger partial charge in [-0.15, -0.1) is 11.3 Å². The summed E-state index contributed by atoms with van der Waals surface area (Å²) in [6.45, 7) is 2.38. The third kappa shape index (κ3) is 3.72. The van der Waals surface area contributed by atoms with E-state index in [1.807, 2.05) is 73.7 Å². The highest BCUT2D eigenvalue weighted by atomic mass is 35.5. The van der Waals surface area contributed by atoms with E-state index in [9.17, 15) is 4.79 Å². The van der Waals surface area contributed by atoms with E-state index >= 15 is 0 Å². The van der Waals surface area contributed by atoms with E-state index in [0.717, 1.165) is 31.4 Å². The molecule has 1 amide bonds. The monoisotopic (exact) mass is 482 g/mol. The molecule has 0 atom stereocenters. The molecule has 0 saturated heterocycles. The lowest BCUT2D eigenvalue weighted by Gasteiger charge is -2.19. The number of hydrogen-bond donors (Lipinski definition) is 0. The van der Waals surface area contributed by atoms with Crippen LogP contribution in [0.5, 0.6) is 0 Å². The number of carbonyl (C=O) groups is 1. The fourth-order valence-corrected chi connectivity index (χ4v) is 6.25. The number of rotatable bonds is 4. The third-order valence-corrected chi connectivity index (χ3v) is 8.28. The van der Waals surface area contributed by atoms with Crippen LogP contribution in [-0.2, 0) is 6.54 Å². The first-order chi connectivity index (χ1) is 15.0. The summed E-state index contributed by atoms with van der Waals surface area (Å²) in [5.41, 5.74) is 2.85. The van der Waals surface area contributed by atoms with Gasteiger partial charge in [0.15, 0.2) is 5.13 Å². The predicted molar refractivity (Wildman–Crippen MR) is 133 cm³/mol. The van der Waals surface area contributed by atoms with Gasteiger partial charge in [-0.25, -0.2) is 4.98 Å². The fourth-order valence-electron chi connectivity index (χ4n) is 3.47. The summed E-state index contributed by atoms with van der Waals surface area (Å²) in [5, 5.41) is 2.62. The van der Waals surface area contributed by atoms with Gasteiger partial charge in [-0.3, -0.25) is 9.69 Å². The van der Waals surface area contributed by atoms with E-state index in [0.29, 0.717) is 26.6 Å².